The number of nitrogens with zero attached hydrogens (tertiary/aromatic N) is 1. The number of nitrogens with one attached hydrogen (secondary N) is 1. The first-order chi connectivity index (χ1) is 11.5. The van der Waals surface area contributed by atoms with Crippen LogP contribution in [-0.2, 0) is 17.1 Å². The minimum atomic E-state index is -3.67. The van der Waals surface area contributed by atoms with Gasteiger partial charge < -0.3 is 19.1 Å². The van der Waals surface area contributed by atoms with Gasteiger partial charge in [0.25, 0.3) is 0 Å². The predicted octanol–water partition coefficient (Wildman–Crippen LogP) is 1.20. The SMILES string of the molecule is Cn1cccc1C(O)CCNS(=O)(=O)c1ccc2c(c1)OCCO2. The number of aliphatic hydroxyl groups excluding tert-OH is 1. The molecule has 1 aliphatic heterocycles. The van der Waals surface area contributed by atoms with Crippen molar-refractivity contribution in [2.75, 3.05) is 19.8 Å². The lowest BCUT2D eigenvalue weighted by Crippen LogP contribution is -2.26. The Morgan fingerprint density at radius 2 is 2.00 bits per heavy atom. The molecule has 1 unspecified atom stereocenters. The Morgan fingerprint density at radius 3 is 2.71 bits per heavy atom. The summed E-state index contributed by atoms with van der Waals surface area (Å²) in [6.45, 7) is 0.976. The highest BCUT2D eigenvalue weighted by atomic mass is 32.2. The molecule has 0 aliphatic carbocycles. The molecule has 0 spiro atoms. The van der Waals surface area contributed by atoms with E-state index in [9.17, 15) is 13.5 Å². The number of benzene rings is 1. The zero-order valence-electron chi connectivity index (χ0n) is 13.3. The van der Waals surface area contributed by atoms with Crippen LogP contribution in [0.25, 0.3) is 0 Å². The third-order valence-corrected chi connectivity index (χ3v) is 5.32. The normalized spacial score (nSPS) is 15.2. The highest BCUT2D eigenvalue weighted by Gasteiger charge is 2.20. The quantitative estimate of drug-likeness (QED) is 0.815. The average Bonchev–Trinajstić information content (AvgIpc) is 3.00. The fourth-order valence-electron chi connectivity index (χ4n) is 2.57. The third kappa shape index (κ3) is 3.55. The first-order valence-corrected chi connectivity index (χ1v) is 9.14. The number of rotatable bonds is 6. The summed E-state index contributed by atoms with van der Waals surface area (Å²) in [5.74, 6) is 0.965. The molecule has 130 valence electrons. The molecule has 0 saturated heterocycles. The molecule has 0 fully saturated rings. The third-order valence-electron chi connectivity index (χ3n) is 3.86. The molecule has 1 aromatic carbocycles. The van der Waals surface area contributed by atoms with Crippen molar-refractivity contribution in [3.63, 3.8) is 0 Å². The van der Waals surface area contributed by atoms with Crippen molar-refractivity contribution >= 4 is 10.0 Å². The van der Waals surface area contributed by atoms with Gasteiger partial charge in [0.15, 0.2) is 11.5 Å². The van der Waals surface area contributed by atoms with Gasteiger partial charge in [-0.15, -0.1) is 0 Å². The minimum absolute atomic E-state index is 0.111. The van der Waals surface area contributed by atoms with Gasteiger partial charge in [-0.1, -0.05) is 0 Å². The summed E-state index contributed by atoms with van der Waals surface area (Å²) in [5.41, 5.74) is 0.744. The Morgan fingerprint density at radius 1 is 1.25 bits per heavy atom. The molecule has 2 aromatic rings. The number of sulfonamides is 1. The molecule has 3 rings (SSSR count). The van der Waals surface area contributed by atoms with Crippen LogP contribution in [0.1, 0.15) is 18.2 Å². The van der Waals surface area contributed by atoms with Gasteiger partial charge in [0.05, 0.1) is 11.0 Å². The van der Waals surface area contributed by atoms with E-state index in [1.165, 1.54) is 12.1 Å². The maximum Gasteiger partial charge on any atom is 0.240 e. The number of hydrogen-bond acceptors (Lipinski definition) is 5. The summed E-state index contributed by atoms with van der Waals surface area (Å²) < 4.78 is 39.8. The van der Waals surface area contributed by atoms with E-state index in [1.807, 2.05) is 19.3 Å². The van der Waals surface area contributed by atoms with Crippen LogP contribution in [0.3, 0.4) is 0 Å². The van der Waals surface area contributed by atoms with Crippen LogP contribution in [0.4, 0.5) is 0 Å². The molecule has 2 heterocycles. The lowest BCUT2D eigenvalue weighted by atomic mass is 10.2. The van der Waals surface area contributed by atoms with Gasteiger partial charge in [-0.05, 0) is 30.7 Å². The highest BCUT2D eigenvalue weighted by molar-refractivity contribution is 7.89. The average molecular weight is 352 g/mol. The first-order valence-electron chi connectivity index (χ1n) is 7.66. The summed E-state index contributed by atoms with van der Waals surface area (Å²) in [6.07, 6.45) is 1.38. The summed E-state index contributed by atoms with van der Waals surface area (Å²) in [6, 6.07) is 8.15. The van der Waals surface area contributed by atoms with Gasteiger partial charge in [-0.3, -0.25) is 0 Å². The van der Waals surface area contributed by atoms with Gasteiger partial charge >= 0.3 is 0 Å². The number of hydrogen-bond donors (Lipinski definition) is 2. The maximum atomic E-state index is 12.4. The summed E-state index contributed by atoms with van der Waals surface area (Å²) in [7, 11) is -1.84. The molecule has 1 aliphatic rings. The Bertz CT molecular complexity index is 816. The second-order valence-corrected chi connectivity index (χ2v) is 7.32. The van der Waals surface area contributed by atoms with E-state index in [2.05, 4.69) is 4.72 Å². The van der Waals surface area contributed by atoms with Crippen molar-refractivity contribution in [2.24, 2.45) is 7.05 Å². The number of fused-ring (bicyclic) bond motifs is 1. The fourth-order valence-corrected chi connectivity index (χ4v) is 3.64. The first kappa shape index (κ1) is 16.8. The zero-order valence-corrected chi connectivity index (χ0v) is 14.1. The molecule has 0 amide bonds. The summed E-state index contributed by atoms with van der Waals surface area (Å²) in [5, 5.41) is 10.1. The number of aryl methyl sites for hydroxylation is 1. The zero-order chi connectivity index (χ0) is 17.2. The molecule has 1 atom stereocenters. The van der Waals surface area contributed by atoms with Gasteiger partial charge in [-0.25, -0.2) is 13.1 Å². The van der Waals surface area contributed by atoms with E-state index in [0.717, 1.165) is 5.69 Å². The number of ether oxygens (including phenoxy) is 2. The molecule has 8 heteroatoms. The topological polar surface area (TPSA) is 89.8 Å². The van der Waals surface area contributed by atoms with Crippen molar-refractivity contribution in [3.05, 3.63) is 42.2 Å². The van der Waals surface area contributed by atoms with Crippen LogP contribution < -0.4 is 14.2 Å². The van der Waals surface area contributed by atoms with Crippen molar-refractivity contribution in [1.82, 2.24) is 9.29 Å². The summed E-state index contributed by atoms with van der Waals surface area (Å²) >= 11 is 0. The van der Waals surface area contributed by atoms with E-state index < -0.39 is 16.1 Å². The van der Waals surface area contributed by atoms with Gasteiger partial charge in [-0.2, -0.15) is 0 Å². The number of aromatic nitrogens is 1. The van der Waals surface area contributed by atoms with E-state index in [4.69, 9.17) is 9.47 Å². The van der Waals surface area contributed by atoms with Crippen molar-refractivity contribution in [1.29, 1.82) is 0 Å². The molecule has 0 saturated carbocycles. The second-order valence-electron chi connectivity index (χ2n) is 5.55. The van der Waals surface area contributed by atoms with Crippen LogP contribution >= 0.6 is 0 Å². The van der Waals surface area contributed by atoms with Crippen LogP contribution in [0.2, 0.25) is 0 Å². The Labute approximate surface area is 140 Å². The van der Waals surface area contributed by atoms with Crippen LogP contribution in [0.15, 0.2) is 41.4 Å². The van der Waals surface area contributed by atoms with Crippen LogP contribution in [-0.4, -0.2) is 37.8 Å². The minimum Gasteiger partial charge on any atom is -0.486 e. The van der Waals surface area contributed by atoms with E-state index >= 15 is 0 Å². The Balaban J connectivity index is 1.63. The van der Waals surface area contributed by atoms with Crippen LogP contribution in [0, 0.1) is 0 Å². The lowest BCUT2D eigenvalue weighted by molar-refractivity contribution is 0.161. The predicted molar refractivity (Wildman–Crippen MR) is 87.6 cm³/mol. The van der Waals surface area contributed by atoms with E-state index in [-0.39, 0.29) is 17.9 Å². The second kappa shape index (κ2) is 6.84. The monoisotopic (exact) mass is 352 g/mol. The van der Waals surface area contributed by atoms with E-state index in [0.29, 0.717) is 24.7 Å². The van der Waals surface area contributed by atoms with Gasteiger partial charge in [0, 0.05) is 31.5 Å². The van der Waals surface area contributed by atoms with Crippen molar-refractivity contribution in [3.8, 4) is 11.5 Å². The maximum absolute atomic E-state index is 12.4. The standard InChI is InChI=1S/C16H20N2O5S/c1-18-8-2-3-13(18)14(19)6-7-17-24(20,21)12-4-5-15-16(11-12)23-10-9-22-15/h2-5,8,11,14,17,19H,6-7,9-10H2,1H3. The lowest BCUT2D eigenvalue weighted by Gasteiger charge is -2.19. The fraction of sp³-hybridized carbons (Fsp3) is 0.375. The number of aliphatic hydroxyl groups is 1. The Hall–Kier alpha value is -2.03. The largest absolute Gasteiger partial charge is 0.486 e. The molecular formula is C16H20N2O5S. The summed E-state index contributed by atoms with van der Waals surface area (Å²) in [4.78, 5) is 0.111. The van der Waals surface area contributed by atoms with Gasteiger partial charge in [0.1, 0.15) is 13.2 Å². The molecule has 24 heavy (non-hydrogen) atoms. The molecule has 7 nitrogen and oxygen atoms in total. The molecule has 0 radical (unpaired) electrons. The molecule has 0 bridgehead atoms. The highest BCUT2D eigenvalue weighted by Crippen LogP contribution is 2.32. The van der Waals surface area contributed by atoms with Crippen LogP contribution in [0.5, 0.6) is 11.5 Å². The molecule has 2 N–H and O–H groups in total. The molecule has 1 aromatic heterocycles. The van der Waals surface area contributed by atoms with Gasteiger partial charge in [0.2, 0.25) is 10.0 Å². The van der Waals surface area contributed by atoms with Crippen molar-refractivity contribution in [2.45, 2.75) is 17.4 Å². The van der Waals surface area contributed by atoms with E-state index in [1.54, 1.807) is 16.7 Å². The van der Waals surface area contributed by atoms with Crippen molar-refractivity contribution < 1.29 is 23.0 Å². The smallest absolute Gasteiger partial charge is 0.240 e. The molecular weight excluding hydrogens is 332 g/mol. The Kier molecular flexibility index (Phi) is 4.79.